The van der Waals surface area contributed by atoms with Crippen molar-refractivity contribution in [1.82, 2.24) is 14.9 Å². The Hall–Kier alpha value is -2.13. The first-order valence-corrected chi connectivity index (χ1v) is 7.63. The average molecular weight is 277 g/mol. The second-order valence-corrected chi connectivity index (χ2v) is 5.61. The molecule has 2 aromatic heterocycles. The Morgan fingerprint density at radius 2 is 2.00 bits per heavy atom. The number of nitrogens with zero attached hydrogens (tertiary/aromatic N) is 2. The maximum Gasteiger partial charge on any atom is 0.140 e. The number of pyridine rings is 1. The van der Waals surface area contributed by atoms with Gasteiger partial charge in [0.1, 0.15) is 5.65 Å². The molecule has 3 nitrogen and oxygen atoms in total. The first-order valence-electron chi connectivity index (χ1n) is 7.63. The summed E-state index contributed by atoms with van der Waals surface area (Å²) in [5.74, 6) is 0. The highest BCUT2D eigenvalue weighted by atomic mass is 15.1. The summed E-state index contributed by atoms with van der Waals surface area (Å²) in [6, 6.07) is 14.9. The summed E-state index contributed by atoms with van der Waals surface area (Å²) in [5, 5.41) is 4.79. The van der Waals surface area contributed by atoms with Crippen molar-refractivity contribution in [1.29, 1.82) is 0 Å². The number of aromatic nitrogens is 2. The van der Waals surface area contributed by atoms with Crippen LogP contribution in [0.3, 0.4) is 0 Å². The molecule has 3 heteroatoms. The van der Waals surface area contributed by atoms with E-state index in [2.05, 4.69) is 51.3 Å². The summed E-state index contributed by atoms with van der Waals surface area (Å²) in [6.07, 6.45) is 4.06. The third kappa shape index (κ3) is 2.24. The van der Waals surface area contributed by atoms with Gasteiger partial charge in [-0.05, 0) is 29.7 Å². The molecule has 0 spiro atoms. The fraction of sp³-hybridized carbons (Fsp3) is 0.278. The summed E-state index contributed by atoms with van der Waals surface area (Å²) in [5.41, 5.74) is 5.44. The van der Waals surface area contributed by atoms with Crippen LogP contribution in [0.5, 0.6) is 0 Å². The minimum atomic E-state index is 0.968. The van der Waals surface area contributed by atoms with E-state index in [1.165, 1.54) is 22.2 Å². The molecule has 21 heavy (non-hydrogen) atoms. The Kier molecular flexibility index (Phi) is 3.20. The Morgan fingerprint density at radius 3 is 2.90 bits per heavy atom. The molecule has 4 rings (SSSR count). The van der Waals surface area contributed by atoms with E-state index in [0.717, 1.165) is 38.1 Å². The smallest absolute Gasteiger partial charge is 0.140 e. The third-order valence-corrected chi connectivity index (χ3v) is 4.35. The summed E-state index contributed by atoms with van der Waals surface area (Å²) in [7, 11) is 0. The van der Waals surface area contributed by atoms with E-state index >= 15 is 0 Å². The lowest BCUT2D eigenvalue weighted by Gasteiger charge is -2.16. The number of benzene rings is 1. The topological polar surface area (TPSA) is 29.9 Å². The summed E-state index contributed by atoms with van der Waals surface area (Å²) in [6.45, 7) is 3.04. The second-order valence-electron chi connectivity index (χ2n) is 5.61. The van der Waals surface area contributed by atoms with E-state index in [4.69, 9.17) is 0 Å². The van der Waals surface area contributed by atoms with E-state index in [1.54, 1.807) is 0 Å². The molecule has 0 radical (unpaired) electrons. The number of hydrogen-bond acceptors (Lipinski definition) is 2. The third-order valence-electron chi connectivity index (χ3n) is 4.35. The van der Waals surface area contributed by atoms with E-state index in [1.807, 2.05) is 12.3 Å². The van der Waals surface area contributed by atoms with Crippen molar-refractivity contribution in [3.05, 3.63) is 65.5 Å². The van der Waals surface area contributed by atoms with Crippen LogP contribution in [-0.4, -0.2) is 16.1 Å². The number of fused-ring (bicyclic) bond motifs is 3. The molecule has 3 aromatic rings. The minimum Gasteiger partial charge on any atom is -0.329 e. The van der Waals surface area contributed by atoms with E-state index < -0.39 is 0 Å². The highest BCUT2D eigenvalue weighted by molar-refractivity contribution is 5.82. The fourth-order valence-electron chi connectivity index (χ4n) is 3.32. The van der Waals surface area contributed by atoms with Crippen molar-refractivity contribution in [2.24, 2.45) is 0 Å². The quantitative estimate of drug-likeness (QED) is 0.797. The molecule has 106 valence electrons. The largest absolute Gasteiger partial charge is 0.329 e. The van der Waals surface area contributed by atoms with Gasteiger partial charge >= 0.3 is 0 Å². The van der Waals surface area contributed by atoms with Crippen molar-refractivity contribution < 1.29 is 0 Å². The second kappa shape index (κ2) is 5.34. The number of hydrogen-bond donors (Lipinski definition) is 1. The SMILES string of the molecule is c1ccc(CCn2c3c(c4cccnc42)CNCC3)cc1. The van der Waals surface area contributed by atoms with E-state index in [-0.39, 0.29) is 0 Å². The lowest BCUT2D eigenvalue weighted by Crippen LogP contribution is -2.24. The molecule has 3 heterocycles. The lowest BCUT2D eigenvalue weighted by atomic mass is 10.1. The Morgan fingerprint density at radius 1 is 1.10 bits per heavy atom. The van der Waals surface area contributed by atoms with Crippen molar-refractivity contribution in [2.75, 3.05) is 6.54 Å². The molecule has 0 fully saturated rings. The number of aryl methyl sites for hydroxylation is 2. The molecule has 1 aromatic carbocycles. The van der Waals surface area contributed by atoms with E-state index in [0.29, 0.717) is 0 Å². The average Bonchev–Trinajstić information content (AvgIpc) is 2.88. The van der Waals surface area contributed by atoms with Crippen molar-refractivity contribution in [3.63, 3.8) is 0 Å². The molecule has 1 aliphatic rings. The molecule has 0 bridgehead atoms. The van der Waals surface area contributed by atoms with Gasteiger partial charge in [-0.15, -0.1) is 0 Å². The van der Waals surface area contributed by atoms with Gasteiger partial charge < -0.3 is 9.88 Å². The van der Waals surface area contributed by atoms with Gasteiger partial charge in [0.15, 0.2) is 0 Å². The summed E-state index contributed by atoms with van der Waals surface area (Å²) in [4.78, 5) is 4.63. The van der Waals surface area contributed by atoms with Crippen LogP contribution in [0.2, 0.25) is 0 Å². The predicted molar refractivity (Wildman–Crippen MR) is 85.3 cm³/mol. The van der Waals surface area contributed by atoms with Crippen LogP contribution in [0.1, 0.15) is 16.8 Å². The zero-order valence-electron chi connectivity index (χ0n) is 12.0. The number of rotatable bonds is 3. The molecular weight excluding hydrogens is 258 g/mol. The van der Waals surface area contributed by atoms with Crippen LogP contribution in [0.15, 0.2) is 48.7 Å². The van der Waals surface area contributed by atoms with Gasteiger partial charge in [-0.1, -0.05) is 30.3 Å². The first kappa shape index (κ1) is 12.6. The van der Waals surface area contributed by atoms with Crippen LogP contribution in [0.25, 0.3) is 11.0 Å². The molecule has 0 aliphatic carbocycles. The first-order chi connectivity index (χ1) is 10.4. The van der Waals surface area contributed by atoms with Crippen LogP contribution in [0.4, 0.5) is 0 Å². The standard InChI is InChI=1S/C18H19N3/c1-2-5-14(6-3-1)9-12-21-17-8-11-19-13-16(17)15-7-4-10-20-18(15)21/h1-7,10,19H,8-9,11-13H2. The predicted octanol–water partition coefficient (Wildman–Crippen LogP) is 2.92. The molecule has 1 N–H and O–H groups in total. The number of nitrogens with one attached hydrogen (secondary N) is 1. The van der Waals surface area contributed by atoms with Crippen LogP contribution >= 0.6 is 0 Å². The highest BCUT2D eigenvalue weighted by Crippen LogP contribution is 2.27. The molecule has 1 aliphatic heterocycles. The molecule has 0 unspecified atom stereocenters. The Labute approximate surface area is 124 Å². The molecule has 0 amide bonds. The zero-order chi connectivity index (χ0) is 14.1. The summed E-state index contributed by atoms with van der Waals surface area (Å²) < 4.78 is 2.43. The monoisotopic (exact) mass is 277 g/mol. The van der Waals surface area contributed by atoms with Crippen LogP contribution < -0.4 is 5.32 Å². The van der Waals surface area contributed by atoms with Gasteiger partial charge in [-0.3, -0.25) is 0 Å². The minimum absolute atomic E-state index is 0.968. The van der Waals surface area contributed by atoms with Crippen molar-refractivity contribution in [3.8, 4) is 0 Å². The van der Waals surface area contributed by atoms with Crippen LogP contribution in [-0.2, 0) is 25.9 Å². The van der Waals surface area contributed by atoms with Gasteiger partial charge in [0.2, 0.25) is 0 Å². The maximum absolute atomic E-state index is 4.63. The van der Waals surface area contributed by atoms with Gasteiger partial charge in [-0.25, -0.2) is 4.98 Å². The molecule has 0 atom stereocenters. The Bertz CT molecular complexity index is 759. The van der Waals surface area contributed by atoms with Gasteiger partial charge in [0, 0.05) is 43.3 Å². The Balaban J connectivity index is 1.74. The summed E-state index contributed by atoms with van der Waals surface area (Å²) >= 11 is 0. The van der Waals surface area contributed by atoms with Crippen LogP contribution in [0, 0.1) is 0 Å². The normalized spacial score (nSPS) is 14.3. The maximum atomic E-state index is 4.63. The van der Waals surface area contributed by atoms with Crippen molar-refractivity contribution in [2.45, 2.75) is 25.9 Å². The van der Waals surface area contributed by atoms with E-state index in [9.17, 15) is 0 Å². The van der Waals surface area contributed by atoms with Gasteiger partial charge in [0.05, 0.1) is 0 Å². The molecule has 0 saturated carbocycles. The highest BCUT2D eigenvalue weighted by Gasteiger charge is 2.19. The van der Waals surface area contributed by atoms with Gasteiger partial charge in [0.25, 0.3) is 0 Å². The lowest BCUT2D eigenvalue weighted by molar-refractivity contribution is 0.593. The fourth-order valence-corrected chi connectivity index (χ4v) is 3.32. The molecule has 0 saturated heterocycles. The zero-order valence-corrected chi connectivity index (χ0v) is 12.0. The molecular formula is C18H19N3. The van der Waals surface area contributed by atoms with Crippen molar-refractivity contribution >= 4 is 11.0 Å². The van der Waals surface area contributed by atoms with Gasteiger partial charge in [-0.2, -0.15) is 0 Å².